The highest BCUT2D eigenvalue weighted by Crippen LogP contribution is 2.14. The summed E-state index contributed by atoms with van der Waals surface area (Å²) in [5.74, 6) is 0.473. The number of likely N-dealkylation sites (N-methyl/N-ethyl adjacent to an activating group) is 1. The van der Waals surface area contributed by atoms with Gasteiger partial charge in [0.25, 0.3) is 0 Å². The maximum absolute atomic E-state index is 12.0. The molecule has 1 aliphatic rings. The lowest BCUT2D eigenvalue weighted by Crippen LogP contribution is -2.41. The van der Waals surface area contributed by atoms with Gasteiger partial charge in [0.05, 0.1) is 25.5 Å². The summed E-state index contributed by atoms with van der Waals surface area (Å²) < 4.78 is 6.95. The first-order valence-electron chi connectivity index (χ1n) is 6.76. The Hall–Kier alpha value is -1.19. The Morgan fingerprint density at radius 1 is 1.45 bits per heavy atom. The lowest BCUT2D eigenvalue weighted by atomic mass is 10.4. The number of ether oxygens (including phenoxy) is 1. The van der Waals surface area contributed by atoms with Gasteiger partial charge in [-0.1, -0.05) is 18.7 Å². The largest absolute Gasteiger partial charge is 0.378 e. The molecule has 1 N–H and O–H groups in total. The second-order valence-electron chi connectivity index (χ2n) is 4.32. The first kappa shape index (κ1) is 15.2. The Kier molecular flexibility index (Phi) is 6.22. The molecule has 0 aliphatic carbocycles. The second-order valence-corrected chi connectivity index (χ2v) is 5.26. The fraction of sp³-hybridized carbons (Fsp3) is 0.818. The van der Waals surface area contributed by atoms with Crippen molar-refractivity contribution in [3.63, 3.8) is 0 Å². The van der Waals surface area contributed by atoms with E-state index in [4.69, 9.17) is 4.74 Å². The van der Waals surface area contributed by atoms with E-state index >= 15 is 0 Å². The molecule has 1 fully saturated rings. The van der Waals surface area contributed by atoms with Crippen LogP contribution < -0.4 is 5.32 Å². The van der Waals surface area contributed by atoms with Crippen molar-refractivity contribution in [2.24, 2.45) is 0 Å². The van der Waals surface area contributed by atoms with Crippen molar-refractivity contribution in [2.45, 2.75) is 18.6 Å². The molecule has 2 heterocycles. The van der Waals surface area contributed by atoms with Crippen LogP contribution in [0.15, 0.2) is 5.16 Å². The lowest BCUT2D eigenvalue weighted by molar-refractivity contribution is -0.132. The van der Waals surface area contributed by atoms with Gasteiger partial charge in [-0.15, -0.1) is 5.10 Å². The van der Waals surface area contributed by atoms with Gasteiger partial charge in [-0.2, -0.15) is 0 Å². The highest BCUT2D eigenvalue weighted by atomic mass is 32.2. The van der Waals surface area contributed by atoms with E-state index in [1.165, 1.54) is 11.8 Å². The fourth-order valence-corrected chi connectivity index (χ4v) is 2.64. The number of hydrogen-bond acceptors (Lipinski definition) is 7. The van der Waals surface area contributed by atoms with Crippen molar-refractivity contribution in [1.29, 1.82) is 0 Å². The summed E-state index contributed by atoms with van der Waals surface area (Å²) in [5, 5.41) is 15.4. The molecule has 1 aliphatic heterocycles. The zero-order valence-corrected chi connectivity index (χ0v) is 12.4. The lowest BCUT2D eigenvalue weighted by Gasteiger charge is -2.26. The Bertz CT molecular complexity index is 421. The molecule has 1 aromatic heterocycles. The van der Waals surface area contributed by atoms with E-state index in [1.807, 2.05) is 4.90 Å². The van der Waals surface area contributed by atoms with Crippen LogP contribution in [0.2, 0.25) is 0 Å². The SMILES string of the molecule is CCNCCn1nnnc1SCC(=O)N1CCOCC1. The number of amides is 1. The van der Waals surface area contributed by atoms with Crippen molar-refractivity contribution >= 4 is 17.7 Å². The molecule has 8 nitrogen and oxygen atoms in total. The van der Waals surface area contributed by atoms with Gasteiger partial charge in [0.2, 0.25) is 11.1 Å². The van der Waals surface area contributed by atoms with Crippen molar-refractivity contribution in [3.8, 4) is 0 Å². The van der Waals surface area contributed by atoms with E-state index in [-0.39, 0.29) is 5.91 Å². The molecule has 0 spiro atoms. The molecular weight excluding hydrogens is 280 g/mol. The minimum atomic E-state index is 0.111. The molecule has 0 radical (unpaired) electrons. The molecule has 0 atom stereocenters. The Morgan fingerprint density at radius 2 is 2.25 bits per heavy atom. The maximum Gasteiger partial charge on any atom is 0.233 e. The van der Waals surface area contributed by atoms with Crippen LogP contribution in [0.25, 0.3) is 0 Å². The highest BCUT2D eigenvalue weighted by Gasteiger charge is 2.18. The molecule has 2 rings (SSSR count). The van der Waals surface area contributed by atoms with Crippen LogP contribution in [0.1, 0.15) is 6.92 Å². The average molecular weight is 300 g/mol. The first-order chi connectivity index (χ1) is 9.81. The molecule has 0 bridgehead atoms. The summed E-state index contributed by atoms with van der Waals surface area (Å²) in [7, 11) is 0. The predicted octanol–water partition coefficient (Wildman–Crippen LogP) is -0.766. The van der Waals surface area contributed by atoms with Crippen LogP contribution in [0.3, 0.4) is 0 Å². The Balaban J connectivity index is 1.78. The molecule has 1 amide bonds. The van der Waals surface area contributed by atoms with Gasteiger partial charge < -0.3 is 15.0 Å². The first-order valence-corrected chi connectivity index (χ1v) is 7.75. The number of carbonyl (C=O) groups is 1. The van der Waals surface area contributed by atoms with E-state index in [9.17, 15) is 4.79 Å². The van der Waals surface area contributed by atoms with Crippen molar-refractivity contribution in [1.82, 2.24) is 30.4 Å². The molecule has 1 saturated heterocycles. The third-order valence-electron chi connectivity index (χ3n) is 2.94. The maximum atomic E-state index is 12.0. The zero-order valence-electron chi connectivity index (χ0n) is 11.6. The summed E-state index contributed by atoms with van der Waals surface area (Å²) in [6, 6.07) is 0. The molecule has 0 saturated carbocycles. The van der Waals surface area contributed by atoms with Crippen LogP contribution in [0.5, 0.6) is 0 Å². The number of tetrazole rings is 1. The normalized spacial score (nSPS) is 15.6. The van der Waals surface area contributed by atoms with Crippen molar-refractivity contribution in [2.75, 3.05) is 45.1 Å². The molecule has 20 heavy (non-hydrogen) atoms. The number of carbonyl (C=O) groups excluding carboxylic acids is 1. The van der Waals surface area contributed by atoms with Gasteiger partial charge in [0.1, 0.15) is 0 Å². The predicted molar refractivity (Wildman–Crippen MR) is 74.5 cm³/mol. The van der Waals surface area contributed by atoms with Gasteiger partial charge in [0, 0.05) is 19.6 Å². The van der Waals surface area contributed by atoms with Crippen LogP contribution in [0, 0.1) is 0 Å². The number of nitrogens with one attached hydrogen (secondary N) is 1. The van der Waals surface area contributed by atoms with Gasteiger partial charge in [0.15, 0.2) is 0 Å². The second kappa shape index (κ2) is 8.18. The van der Waals surface area contributed by atoms with E-state index in [0.29, 0.717) is 43.8 Å². The average Bonchev–Trinajstić information content (AvgIpc) is 2.93. The molecule has 1 aromatic rings. The van der Waals surface area contributed by atoms with Crippen LogP contribution >= 0.6 is 11.8 Å². The van der Waals surface area contributed by atoms with Gasteiger partial charge in [-0.05, 0) is 17.0 Å². The summed E-state index contributed by atoms with van der Waals surface area (Å²) in [6.45, 7) is 7.07. The summed E-state index contributed by atoms with van der Waals surface area (Å²) in [5.41, 5.74) is 0. The smallest absolute Gasteiger partial charge is 0.233 e. The van der Waals surface area contributed by atoms with Gasteiger partial charge in [-0.3, -0.25) is 4.79 Å². The van der Waals surface area contributed by atoms with E-state index in [2.05, 4.69) is 27.8 Å². The molecule has 9 heteroatoms. The van der Waals surface area contributed by atoms with Crippen LogP contribution in [0.4, 0.5) is 0 Å². The standard InChI is InChI=1S/C11H20N6O2S/c1-2-12-3-4-17-11(13-14-15-17)20-9-10(18)16-5-7-19-8-6-16/h12H,2-9H2,1H3. The van der Waals surface area contributed by atoms with E-state index in [1.54, 1.807) is 4.68 Å². The highest BCUT2D eigenvalue weighted by molar-refractivity contribution is 7.99. The Labute approximate surface area is 122 Å². The van der Waals surface area contributed by atoms with Crippen LogP contribution in [-0.4, -0.2) is 76.2 Å². The monoisotopic (exact) mass is 300 g/mol. The fourth-order valence-electron chi connectivity index (χ4n) is 1.83. The van der Waals surface area contributed by atoms with Gasteiger partial charge in [-0.25, -0.2) is 4.68 Å². The molecule has 112 valence electrons. The number of thioether (sulfide) groups is 1. The number of aromatic nitrogens is 4. The van der Waals surface area contributed by atoms with Crippen LogP contribution in [-0.2, 0) is 16.1 Å². The number of nitrogens with zero attached hydrogens (tertiary/aromatic N) is 5. The minimum absolute atomic E-state index is 0.111. The molecular formula is C11H20N6O2S. The number of rotatable bonds is 7. The molecule has 0 unspecified atom stereocenters. The summed E-state index contributed by atoms with van der Waals surface area (Å²) >= 11 is 1.38. The Morgan fingerprint density at radius 3 is 3.00 bits per heavy atom. The van der Waals surface area contributed by atoms with Gasteiger partial charge >= 0.3 is 0 Å². The number of hydrogen-bond donors (Lipinski definition) is 1. The summed E-state index contributed by atoms with van der Waals surface area (Å²) in [4.78, 5) is 13.8. The van der Waals surface area contributed by atoms with Crippen molar-refractivity contribution < 1.29 is 9.53 Å². The van der Waals surface area contributed by atoms with E-state index in [0.717, 1.165) is 13.1 Å². The third-order valence-corrected chi connectivity index (χ3v) is 3.88. The zero-order chi connectivity index (χ0) is 14.2. The third kappa shape index (κ3) is 4.43. The number of morpholine rings is 1. The van der Waals surface area contributed by atoms with E-state index < -0.39 is 0 Å². The topological polar surface area (TPSA) is 85.2 Å². The minimum Gasteiger partial charge on any atom is -0.378 e. The quantitative estimate of drug-likeness (QED) is 0.523. The molecule has 0 aromatic carbocycles. The van der Waals surface area contributed by atoms with Crippen molar-refractivity contribution in [3.05, 3.63) is 0 Å². The summed E-state index contributed by atoms with van der Waals surface area (Å²) in [6.07, 6.45) is 0.